The molecule has 0 aliphatic rings. The van der Waals surface area contributed by atoms with Crippen LogP contribution in [0.25, 0.3) is 0 Å². The molecule has 0 heterocycles. The maximum absolute atomic E-state index is 6.05. The number of methoxy groups -OCH3 is 1. The fourth-order valence-electron chi connectivity index (χ4n) is 1.99. The summed E-state index contributed by atoms with van der Waals surface area (Å²) < 4.78 is 5.37. The van der Waals surface area contributed by atoms with Gasteiger partial charge in [-0.05, 0) is 42.4 Å². The van der Waals surface area contributed by atoms with Crippen molar-refractivity contribution in [2.24, 2.45) is 0 Å². The Bertz CT molecular complexity index is 572. The van der Waals surface area contributed by atoms with E-state index in [0.717, 1.165) is 35.2 Å². The third-order valence-corrected chi connectivity index (χ3v) is 4.44. The van der Waals surface area contributed by atoms with Gasteiger partial charge in [0, 0.05) is 27.8 Å². The molecule has 0 aliphatic heterocycles. The van der Waals surface area contributed by atoms with Crippen molar-refractivity contribution in [3.63, 3.8) is 0 Å². The van der Waals surface area contributed by atoms with Crippen LogP contribution in [0.4, 0.5) is 0 Å². The van der Waals surface area contributed by atoms with Gasteiger partial charge in [0.05, 0.1) is 7.11 Å². The second-order valence-corrected chi connectivity index (χ2v) is 6.15. The maximum Gasteiger partial charge on any atom is 0.123 e. The second kappa shape index (κ2) is 8.32. The average molecular weight is 322 g/mol. The summed E-state index contributed by atoms with van der Waals surface area (Å²) in [4.78, 5) is 1.25. The first-order valence-electron chi connectivity index (χ1n) is 6.97. The molecule has 112 valence electrons. The fourth-order valence-corrected chi connectivity index (χ4v) is 3.06. The molecule has 0 aliphatic carbocycles. The minimum atomic E-state index is 0.743. The highest BCUT2D eigenvalue weighted by Crippen LogP contribution is 2.30. The van der Waals surface area contributed by atoms with Gasteiger partial charge in [0.25, 0.3) is 0 Å². The summed E-state index contributed by atoms with van der Waals surface area (Å²) in [5.74, 6) is 1.73. The zero-order chi connectivity index (χ0) is 15.1. The lowest BCUT2D eigenvalue weighted by atomic mass is 10.2. The van der Waals surface area contributed by atoms with Crippen molar-refractivity contribution in [2.75, 3.05) is 13.7 Å². The van der Waals surface area contributed by atoms with Gasteiger partial charge in [-0.2, -0.15) is 0 Å². The van der Waals surface area contributed by atoms with Gasteiger partial charge < -0.3 is 10.1 Å². The van der Waals surface area contributed by atoms with Crippen molar-refractivity contribution in [3.05, 3.63) is 58.6 Å². The van der Waals surface area contributed by atoms with Gasteiger partial charge in [0.15, 0.2) is 0 Å². The number of ether oxygens (including phenoxy) is 1. The Morgan fingerprint density at radius 2 is 1.90 bits per heavy atom. The van der Waals surface area contributed by atoms with E-state index in [1.807, 2.05) is 18.2 Å². The van der Waals surface area contributed by atoms with E-state index < -0.39 is 0 Å². The number of benzene rings is 2. The molecule has 0 bridgehead atoms. The van der Waals surface area contributed by atoms with Gasteiger partial charge in [0.1, 0.15) is 5.75 Å². The lowest BCUT2D eigenvalue weighted by molar-refractivity contribution is 0.411. The Morgan fingerprint density at radius 1 is 1.14 bits per heavy atom. The molecule has 0 unspecified atom stereocenters. The molecule has 2 aromatic rings. The Balaban J connectivity index is 1.98. The first kappa shape index (κ1) is 16.2. The summed E-state index contributed by atoms with van der Waals surface area (Å²) in [6, 6.07) is 14.4. The van der Waals surface area contributed by atoms with Crippen molar-refractivity contribution < 1.29 is 4.74 Å². The zero-order valence-electron chi connectivity index (χ0n) is 12.4. The summed E-state index contributed by atoms with van der Waals surface area (Å²) in [5.41, 5.74) is 2.42. The van der Waals surface area contributed by atoms with Gasteiger partial charge >= 0.3 is 0 Å². The molecular formula is C17H20ClNOS. The van der Waals surface area contributed by atoms with E-state index >= 15 is 0 Å². The third kappa shape index (κ3) is 4.95. The molecular weight excluding hydrogens is 302 g/mol. The predicted octanol–water partition coefficient (Wildman–Crippen LogP) is 4.75. The second-order valence-electron chi connectivity index (χ2n) is 4.67. The number of halogens is 1. The number of hydrogen-bond acceptors (Lipinski definition) is 3. The fraction of sp³-hybridized carbons (Fsp3) is 0.294. The Morgan fingerprint density at radius 3 is 2.57 bits per heavy atom. The summed E-state index contributed by atoms with van der Waals surface area (Å²) >= 11 is 7.84. The van der Waals surface area contributed by atoms with Crippen LogP contribution in [-0.2, 0) is 12.3 Å². The molecule has 0 aromatic heterocycles. The first-order chi connectivity index (χ1) is 10.2. The van der Waals surface area contributed by atoms with Crippen LogP contribution in [0.15, 0.2) is 47.4 Å². The smallest absolute Gasteiger partial charge is 0.123 e. The van der Waals surface area contributed by atoms with E-state index in [0.29, 0.717) is 0 Å². The van der Waals surface area contributed by atoms with Crippen molar-refractivity contribution in [1.29, 1.82) is 0 Å². The predicted molar refractivity (Wildman–Crippen MR) is 91.4 cm³/mol. The minimum absolute atomic E-state index is 0.743. The molecule has 0 fully saturated rings. The molecule has 0 atom stereocenters. The number of nitrogens with one attached hydrogen (secondary N) is 1. The Kier molecular flexibility index (Phi) is 6.43. The van der Waals surface area contributed by atoms with Crippen molar-refractivity contribution in [3.8, 4) is 5.75 Å². The normalized spacial score (nSPS) is 10.6. The molecule has 0 saturated carbocycles. The van der Waals surface area contributed by atoms with E-state index in [2.05, 4.69) is 36.5 Å². The Hall–Kier alpha value is -1.16. The van der Waals surface area contributed by atoms with Crippen molar-refractivity contribution in [1.82, 2.24) is 5.32 Å². The summed E-state index contributed by atoms with van der Waals surface area (Å²) in [6.45, 7) is 4.03. The summed E-state index contributed by atoms with van der Waals surface area (Å²) in [5, 5.41) is 4.07. The number of thioether (sulfide) groups is 1. The lowest BCUT2D eigenvalue weighted by Crippen LogP contribution is -2.11. The molecule has 2 rings (SSSR count). The maximum atomic E-state index is 6.05. The highest BCUT2D eigenvalue weighted by atomic mass is 35.5. The van der Waals surface area contributed by atoms with Crippen molar-refractivity contribution >= 4 is 23.4 Å². The molecule has 1 N–H and O–H groups in total. The third-order valence-electron chi connectivity index (χ3n) is 3.14. The van der Waals surface area contributed by atoms with Crippen LogP contribution in [0.5, 0.6) is 5.75 Å². The van der Waals surface area contributed by atoms with E-state index in [-0.39, 0.29) is 0 Å². The van der Waals surface area contributed by atoms with Crippen molar-refractivity contribution in [2.45, 2.75) is 24.1 Å². The number of hydrogen-bond donors (Lipinski definition) is 1. The molecule has 21 heavy (non-hydrogen) atoms. The highest BCUT2D eigenvalue weighted by molar-refractivity contribution is 7.98. The van der Waals surface area contributed by atoms with Gasteiger partial charge in [-0.3, -0.25) is 0 Å². The molecule has 2 nitrogen and oxygen atoms in total. The van der Waals surface area contributed by atoms with Crippen LogP contribution in [0.1, 0.15) is 18.1 Å². The van der Waals surface area contributed by atoms with Crippen LogP contribution in [-0.4, -0.2) is 13.7 Å². The Labute approximate surface area is 135 Å². The molecule has 0 radical (unpaired) electrons. The zero-order valence-corrected chi connectivity index (χ0v) is 13.9. The number of rotatable bonds is 7. The van der Waals surface area contributed by atoms with Gasteiger partial charge in [-0.15, -0.1) is 11.8 Å². The largest absolute Gasteiger partial charge is 0.496 e. The van der Waals surface area contributed by atoms with E-state index in [1.54, 1.807) is 18.9 Å². The van der Waals surface area contributed by atoms with E-state index in [9.17, 15) is 0 Å². The highest BCUT2D eigenvalue weighted by Gasteiger charge is 2.05. The molecule has 4 heteroatoms. The van der Waals surface area contributed by atoms with E-state index in [4.69, 9.17) is 16.3 Å². The van der Waals surface area contributed by atoms with Crippen LogP contribution >= 0.6 is 23.4 Å². The molecule has 0 spiro atoms. The molecule has 2 aromatic carbocycles. The molecule has 0 amide bonds. The monoisotopic (exact) mass is 321 g/mol. The van der Waals surface area contributed by atoms with E-state index in [1.165, 1.54) is 10.5 Å². The van der Waals surface area contributed by atoms with Crippen LogP contribution in [0, 0.1) is 0 Å². The van der Waals surface area contributed by atoms with Crippen LogP contribution in [0.3, 0.4) is 0 Å². The standard InChI is InChI=1S/C17H20ClNOS/c1-3-19-11-13-4-7-16(8-5-13)21-12-14-10-15(18)6-9-17(14)20-2/h4-10,19H,3,11-12H2,1-2H3. The molecule has 0 saturated heterocycles. The summed E-state index contributed by atoms with van der Waals surface area (Å²) in [6.07, 6.45) is 0. The SMILES string of the molecule is CCNCc1ccc(SCc2cc(Cl)ccc2OC)cc1. The lowest BCUT2D eigenvalue weighted by Gasteiger charge is -2.09. The average Bonchev–Trinajstić information content (AvgIpc) is 2.52. The van der Waals surface area contributed by atoms with Gasteiger partial charge in [-0.25, -0.2) is 0 Å². The topological polar surface area (TPSA) is 21.3 Å². The first-order valence-corrected chi connectivity index (χ1v) is 8.34. The summed E-state index contributed by atoms with van der Waals surface area (Å²) in [7, 11) is 1.69. The minimum Gasteiger partial charge on any atom is -0.496 e. The van der Waals surface area contributed by atoms with Gasteiger partial charge in [-0.1, -0.05) is 30.7 Å². The van der Waals surface area contributed by atoms with Crippen LogP contribution < -0.4 is 10.1 Å². The van der Waals surface area contributed by atoms with Gasteiger partial charge in [0.2, 0.25) is 0 Å². The van der Waals surface area contributed by atoms with Crippen LogP contribution in [0.2, 0.25) is 5.02 Å². The quantitative estimate of drug-likeness (QED) is 0.743.